The molecule has 0 aliphatic heterocycles. The highest BCUT2D eigenvalue weighted by Crippen LogP contribution is 2.24. The number of nitrogens with zero attached hydrogens (tertiary/aromatic N) is 1. The molecule has 0 radical (unpaired) electrons. The third-order valence-corrected chi connectivity index (χ3v) is 3.82. The minimum atomic E-state index is -0.193. The lowest BCUT2D eigenvalue weighted by Crippen LogP contribution is -2.12. The number of nitrogens with one attached hydrogen (secondary N) is 1. The highest BCUT2D eigenvalue weighted by atomic mass is 79.9. The van der Waals surface area contributed by atoms with Crippen LogP contribution >= 0.6 is 39.5 Å². The van der Waals surface area contributed by atoms with Crippen molar-refractivity contribution in [2.45, 2.75) is 0 Å². The maximum atomic E-state index is 11.8. The Labute approximate surface area is 121 Å². The number of thiocarbonyl (C=S) groups is 1. The molecule has 1 aromatic heterocycles. The van der Waals surface area contributed by atoms with E-state index in [1.807, 2.05) is 0 Å². The van der Waals surface area contributed by atoms with Gasteiger partial charge >= 0.3 is 0 Å². The molecular weight excluding hydrogens is 334 g/mol. The zero-order chi connectivity index (χ0) is 13.1. The van der Waals surface area contributed by atoms with Crippen molar-refractivity contribution in [3.63, 3.8) is 0 Å². The monoisotopic (exact) mass is 341 g/mol. The molecule has 0 fully saturated rings. The van der Waals surface area contributed by atoms with Crippen LogP contribution < -0.4 is 11.1 Å². The summed E-state index contributed by atoms with van der Waals surface area (Å²) in [5.41, 5.74) is 8.54. The fraction of sp³-hybridized carbons (Fsp3) is 0. The number of hydrogen-bond acceptors (Lipinski definition) is 4. The number of carbonyl (C=O) groups is 1. The molecule has 2 aromatic rings. The summed E-state index contributed by atoms with van der Waals surface area (Å²) >= 11 is 9.53. The first-order valence-corrected chi connectivity index (χ1v) is 6.95. The third-order valence-electron chi connectivity index (χ3n) is 2.16. The zero-order valence-corrected chi connectivity index (χ0v) is 12.2. The van der Waals surface area contributed by atoms with Crippen LogP contribution in [-0.4, -0.2) is 15.9 Å². The molecule has 0 aliphatic rings. The van der Waals surface area contributed by atoms with E-state index in [0.29, 0.717) is 15.6 Å². The van der Waals surface area contributed by atoms with Crippen LogP contribution in [0, 0.1) is 0 Å². The van der Waals surface area contributed by atoms with Crippen molar-refractivity contribution in [3.8, 4) is 0 Å². The van der Waals surface area contributed by atoms with Crippen LogP contribution in [0.5, 0.6) is 0 Å². The molecule has 0 aliphatic carbocycles. The standard InChI is InChI=1S/C11H8BrN3OS2/c12-7-3-6(10(13)17)1-2-8(7)15-11(16)9-4-14-5-18-9/h1-5H,(H2,13,17)(H,15,16). The van der Waals surface area contributed by atoms with E-state index in [1.165, 1.54) is 17.5 Å². The van der Waals surface area contributed by atoms with Crippen LogP contribution in [0.4, 0.5) is 5.69 Å². The molecule has 7 heteroatoms. The number of carbonyl (C=O) groups excluding carboxylic acids is 1. The summed E-state index contributed by atoms with van der Waals surface area (Å²) in [5.74, 6) is -0.193. The maximum absolute atomic E-state index is 11.8. The molecule has 1 amide bonds. The van der Waals surface area contributed by atoms with Gasteiger partial charge in [-0.3, -0.25) is 9.78 Å². The number of hydrogen-bond donors (Lipinski definition) is 2. The molecular formula is C11H8BrN3OS2. The highest BCUT2D eigenvalue weighted by molar-refractivity contribution is 9.10. The van der Waals surface area contributed by atoms with Crippen molar-refractivity contribution in [2.24, 2.45) is 5.73 Å². The van der Waals surface area contributed by atoms with Gasteiger partial charge in [-0.1, -0.05) is 12.2 Å². The van der Waals surface area contributed by atoms with Gasteiger partial charge in [0, 0.05) is 10.0 Å². The summed E-state index contributed by atoms with van der Waals surface area (Å²) in [6.07, 6.45) is 1.53. The predicted molar refractivity (Wildman–Crippen MR) is 80.1 cm³/mol. The van der Waals surface area contributed by atoms with Gasteiger partial charge < -0.3 is 11.1 Å². The Morgan fingerprint density at radius 3 is 2.83 bits per heavy atom. The van der Waals surface area contributed by atoms with E-state index in [4.69, 9.17) is 18.0 Å². The Morgan fingerprint density at radius 1 is 1.50 bits per heavy atom. The smallest absolute Gasteiger partial charge is 0.267 e. The van der Waals surface area contributed by atoms with Crippen LogP contribution in [0.15, 0.2) is 34.4 Å². The third kappa shape index (κ3) is 2.92. The molecule has 0 unspecified atom stereocenters. The first-order chi connectivity index (χ1) is 8.58. The Kier molecular flexibility index (Phi) is 4.05. The van der Waals surface area contributed by atoms with Gasteiger partial charge in [-0.05, 0) is 34.1 Å². The van der Waals surface area contributed by atoms with Gasteiger partial charge in [0.1, 0.15) is 9.87 Å². The maximum Gasteiger partial charge on any atom is 0.267 e. The number of rotatable bonds is 3. The molecule has 3 N–H and O–H groups in total. The topological polar surface area (TPSA) is 68.0 Å². The van der Waals surface area contributed by atoms with Crippen molar-refractivity contribution in [3.05, 3.63) is 44.8 Å². The van der Waals surface area contributed by atoms with Crippen molar-refractivity contribution in [1.29, 1.82) is 0 Å². The molecule has 0 atom stereocenters. The summed E-state index contributed by atoms with van der Waals surface area (Å²) < 4.78 is 0.727. The van der Waals surface area contributed by atoms with E-state index in [0.717, 1.165) is 10.0 Å². The van der Waals surface area contributed by atoms with Gasteiger partial charge in [0.25, 0.3) is 5.91 Å². The van der Waals surface area contributed by atoms with Crippen molar-refractivity contribution >= 4 is 56.1 Å². The molecule has 1 heterocycles. The van der Waals surface area contributed by atoms with Crippen LogP contribution in [0.1, 0.15) is 15.2 Å². The Morgan fingerprint density at radius 2 is 2.28 bits per heavy atom. The van der Waals surface area contributed by atoms with E-state index in [1.54, 1.807) is 23.7 Å². The number of nitrogens with two attached hydrogens (primary N) is 1. The average Bonchev–Trinajstić information content (AvgIpc) is 2.85. The fourth-order valence-corrected chi connectivity index (χ4v) is 2.40. The number of thiazole rings is 1. The molecule has 92 valence electrons. The Bertz CT molecular complexity index is 598. The number of halogens is 1. The van der Waals surface area contributed by atoms with E-state index < -0.39 is 0 Å². The second-order valence-electron chi connectivity index (χ2n) is 3.38. The fourth-order valence-electron chi connectivity index (χ4n) is 1.28. The second kappa shape index (κ2) is 5.55. The molecule has 1 aromatic carbocycles. The van der Waals surface area contributed by atoms with Gasteiger partial charge in [-0.15, -0.1) is 11.3 Å². The summed E-state index contributed by atoms with van der Waals surface area (Å²) in [7, 11) is 0. The molecule has 0 saturated carbocycles. The number of anilines is 1. The first kappa shape index (κ1) is 13.1. The lowest BCUT2D eigenvalue weighted by atomic mass is 10.2. The van der Waals surface area contributed by atoms with Gasteiger partial charge in [0.2, 0.25) is 0 Å². The minimum absolute atomic E-state index is 0.193. The van der Waals surface area contributed by atoms with E-state index in [2.05, 4.69) is 26.2 Å². The van der Waals surface area contributed by atoms with Crippen LogP contribution in [0.3, 0.4) is 0 Å². The number of aromatic nitrogens is 1. The van der Waals surface area contributed by atoms with Crippen LogP contribution in [0.25, 0.3) is 0 Å². The zero-order valence-electron chi connectivity index (χ0n) is 9.01. The Hall–Kier alpha value is -1.31. The Balaban J connectivity index is 2.20. The number of amides is 1. The van der Waals surface area contributed by atoms with Crippen molar-refractivity contribution in [1.82, 2.24) is 4.98 Å². The highest BCUT2D eigenvalue weighted by Gasteiger charge is 2.10. The second-order valence-corrected chi connectivity index (χ2v) is 5.56. The molecule has 4 nitrogen and oxygen atoms in total. The van der Waals surface area contributed by atoms with Gasteiger partial charge in [-0.25, -0.2) is 0 Å². The number of benzene rings is 1. The van der Waals surface area contributed by atoms with Crippen molar-refractivity contribution < 1.29 is 4.79 Å². The predicted octanol–water partition coefficient (Wildman–Crippen LogP) is 2.79. The summed E-state index contributed by atoms with van der Waals surface area (Å²) in [6.45, 7) is 0. The van der Waals surface area contributed by atoms with E-state index >= 15 is 0 Å². The summed E-state index contributed by atoms with van der Waals surface area (Å²) in [4.78, 5) is 16.6. The average molecular weight is 342 g/mol. The molecule has 0 spiro atoms. The first-order valence-electron chi connectivity index (χ1n) is 4.87. The van der Waals surface area contributed by atoms with Crippen LogP contribution in [-0.2, 0) is 0 Å². The van der Waals surface area contributed by atoms with Crippen LogP contribution in [0.2, 0.25) is 0 Å². The summed E-state index contributed by atoms with van der Waals surface area (Å²) in [6, 6.07) is 5.28. The quantitative estimate of drug-likeness (QED) is 0.842. The van der Waals surface area contributed by atoms with E-state index in [9.17, 15) is 4.79 Å². The van der Waals surface area contributed by atoms with Crippen molar-refractivity contribution in [2.75, 3.05) is 5.32 Å². The lowest BCUT2D eigenvalue weighted by Gasteiger charge is -2.07. The van der Waals surface area contributed by atoms with Gasteiger partial charge in [0.15, 0.2) is 0 Å². The normalized spacial score (nSPS) is 10.1. The van der Waals surface area contributed by atoms with E-state index in [-0.39, 0.29) is 5.91 Å². The minimum Gasteiger partial charge on any atom is -0.389 e. The molecule has 0 bridgehead atoms. The molecule has 18 heavy (non-hydrogen) atoms. The van der Waals surface area contributed by atoms with Gasteiger partial charge in [-0.2, -0.15) is 0 Å². The largest absolute Gasteiger partial charge is 0.389 e. The molecule has 2 rings (SSSR count). The molecule has 0 saturated heterocycles. The SMILES string of the molecule is NC(=S)c1ccc(NC(=O)c2cncs2)c(Br)c1. The lowest BCUT2D eigenvalue weighted by molar-refractivity contribution is 0.103. The summed E-state index contributed by atoms with van der Waals surface area (Å²) in [5, 5.41) is 2.78. The van der Waals surface area contributed by atoms with Gasteiger partial charge in [0.05, 0.1) is 17.4 Å².